The van der Waals surface area contributed by atoms with E-state index in [1.165, 1.54) is 0 Å². The number of morpholine rings is 1. The number of rotatable bonds is 5. The third kappa shape index (κ3) is 3.65. The van der Waals surface area contributed by atoms with E-state index < -0.39 is 0 Å². The van der Waals surface area contributed by atoms with Crippen molar-refractivity contribution < 1.29 is 9.13 Å². The van der Waals surface area contributed by atoms with E-state index in [2.05, 4.69) is 46.9 Å². The first-order valence-corrected chi connectivity index (χ1v) is 8.28. The Morgan fingerprint density at radius 2 is 2.05 bits per heavy atom. The topological polar surface area (TPSA) is 24.5 Å². The van der Waals surface area contributed by atoms with Crippen LogP contribution in [0.2, 0.25) is 0 Å². The molecule has 0 aliphatic carbocycles. The van der Waals surface area contributed by atoms with Gasteiger partial charge in [-0.15, -0.1) is 0 Å². The van der Waals surface area contributed by atoms with Crippen LogP contribution < -0.4 is 5.32 Å². The molecule has 0 amide bonds. The zero-order valence-electron chi connectivity index (χ0n) is 13.0. The van der Waals surface area contributed by atoms with E-state index in [4.69, 9.17) is 4.74 Å². The van der Waals surface area contributed by atoms with E-state index >= 15 is 0 Å². The number of nitrogens with one attached hydrogen (secondary N) is 1. The highest BCUT2D eigenvalue weighted by molar-refractivity contribution is 9.10. The molecular weight excluding hydrogens is 335 g/mol. The second kappa shape index (κ2) is 7.18. The van der Waals surface area contributed by atoms with Crippen molar-refractivity contribution in [2.45, 2.75) is 32.4 Å². The highest BCUT2D eigenvalue weighted by Crippen LogP contribution is 2.34. The van der Waals surface area contributed by atoms with E-state index in [9.17, 15) is 4.39 Å². The van der Waals surface area contributed by atoms with Gasteiger partial charge in [-0.25, -0.2) is 4.39 Å². The third-order valence-corrected chi connectivity index (χ3v) is 4.85. The summed E-state index contributed by atoms with van der Waals surface area (Å²) < 4.78 is 20.5. The summed E-state index contributed by atoms with van der Waals surface area (Å²) in [5.74, 6) is -0.176. The van der Waals surface area contributed by atoms with Crippen LogP contribution in [-0.2, 0) is 4.74 Å². The van der Waals surface area contributed by atoms with Gasteiger partial charge >= 0.3 is 0 Å². The van der Waals surface area contributed by atoms with E-state index in [1.807, 2.05) is 12.1 Å². The van der Waals surface area contributed by atoms with Crippen LogP contribution in [-0.4, -0.2) is 43.3 Å². The molecule has 1 heterocycles. The number of nitrogens with zero attached hydrogens (tertiary/aromatic N) is 1. The molecule has 1 aromatic rings. The van der Waals surface area contributed by atoms with Crippen LogP contribution in [0, 0.1) is 5.82 Å². The summed E-state index contributed by atoms with van der Waals surface area (Å²) in [6.45, 7) is 10.4. The second-order valence-electron chi connectivity index (χ2n) is 5.89. The summed E-state index contributed by atoms with van der Waals surface area (Å²) in [5, 5.41) is 3.46. The van der Waals surface area contributed by atoms with Gasteiger partial charge in [0.25, 0.3) is 0 Å². The van der Waals surface area contributed by atoms with Crippen LogP contribution in [0.25, 0.3) is 0 Å². The first-order valence-electron chi connectivity index (χ1n) is 7.48. The van der Waals surface area contributed by atoms with Crippen molar-refractivity contribution in [2.24, 2.45) is 0 Å². The molecule has 1 saturated heterocycles. The Labute approximate surface area is 135 Å². The van der Waals surface area contributed by atoms with E-state index in [0.29, 0.717) is 10.0 Å². The van der Waals surface area contributed by atoms with Crippen molar-refractivity contribution in [3.8, 4) is 0 Å². The lowest BCUT2D eigenvalue weighted by Gasteiger charge is -2.46. The number of ether oxygens (including phenoxy) is 1. The molecule has 1 aliphatic rings. The van der Waals surface area contributed by atoms with Crippen LogP contribution >= 0.6 is 15.9 Å². The first kappa shape index (κ1) is 16.9. The Hall–Kier alpha value is -0.490. The van der Waals surface area contributed by atoms with Crippen molar-refractivity contribution in [2.75, 3.05) is 32.8 Å². The van der Waals surface area contributed by atoms with E-state index in [1.54, 1.807) is 6.07 Å². The fourth-order valence-electron chi connectivity index (χ4n) is 3.01. The molecular formula is C16H24BrFN2O. The van der Waals surface area contributed by atoms with Crippen molar-refractivity contribution >= 4 is 15.9 Å². The van der Waals surface area contributed by atoms with Crippen LogP contribution in [0.5, 0.6) is 0 Å². The van der Waals surface area contributed by atoms with Gasteiger partial charge in [0.2, 0.25) is 0 Å². The Morgan fingerprint density at radius 1 is 1.38 bits per heavy atom. The largest absolute Gasteiger partial charge is 0.379 e. The monoisotopic (exact) mass is 358 g/mol. The van der Waals surface area contributed by atoms with Crippen LogP contribution in [0.4, 0.5) is 4.39 Å². The molecule has 1 aromatic carbocycles. The lowest BCUT2D eigenvalue weighted by Crippen LogP contribution is -2.56. The van der Waals surface area contributed by atoms with Crippen molar-refractivity contribution in [3.63, 3.8) is 0 Å². The number of hydrogen-bond acceptors (Lipinski definition) is 3. The molecule has 5 heteroatoms. The highest BCUT2D eigenvalue weighted by atomic mass is 79.9. The Bertz CT molecular complexity index is 475. The minimum absolute atomic E-state index is 0.0712. The van der Waals surface area contributed by atoms with Gasteiger partial charge in [0.15, 0.2) is 0 Å². The molecule has 0 aromatic heterocycles. The summed E-state index contributed by atoms with van der Waals surface area (Å²) >= 11 is 3.29. The molecule has 0 spiro atoms. The van der Waals surface area contributed by atoms with Gasteiger partial charge in [-0.3, -0.25) is 4.90 Å². The molecule has 1 unspecified atom stereocenters. The predicted octanol–water partition coefficient (Wildman–Crippen LogP) is 3.35. The molecule has 21 heavy (non-hydrogen) atoms. The Balaban J connectivity index is 2.34. The maximum absolute atomic E-state index is 14.5. The molecule has 0 saturated carbocycles. The summed E-state index contributed by atoms with van der Waals surface area (Å²) in [6.07, 6.45) is 0. The standard InChI is InChI=1S/C16H24BrFN2O/c1-4-19-15(12-6-5-7-13(17)14(12)18)16(2,3)20-8-10-21-11-9-20/h5-7,15,19H,4,8-11H2,1-3H3. The lowest BCUT2D eigenvalue weighted by atomic mass is 9.86. The number of likely N-dealkylation sites (N-methyl/N-ethyl adjacent to an activating group) is 1. The minimum Gasteiger partial charge on any atom is -0.379 e. The quantitative estimate of drug-likeness (QED) is 0.873. The number of benzene rings is 1. The molecule has 3 nitrogen and oxygen atoms in total. The third-order valence-electron chi connectivity index (χ3n) is 4.23. The maximum Gasteiger partial charge on any atom is 0.142 e. The SMILES string of the molecule is CCNC(c1cccc(Br)c1F)C(C)(C)N1CCOCC1. The average Bonchev–Trinajstić information content (AvgIpc) is 2.49. The normalized spacial score (nSPS) is 18.7. The highest BCUT2D eigenvalue weighted by Gasteiger charge is 2.38. The molecule has 0 radical (unpaired) electrons. The summed E-state index contributed by atoms with van der Waals surface area (Å²) in [4.78, 5) is 2.38. The van der Waals surface area contributed by atoms with E-state index in [-0.39, 0.29) is 17.4 Å². The van der Waals surface area contributed by atoms with Crippen LogP contribution in [0.15, 0.2) is 22.7 Å². The zero-order chi connectivity index (χ0) is 15.5. The maximum atomic E-state index is 14.5. The van der Waals surface area contributed by atoms with Gasteiger partial charge in [-0.1, -0.05) is 19.1 Å². The zero-order valence-corrected chi connectivity index (χ0v) is 14.5. The number of halogens is 2. The smallest absolute Gasteiger partial charge is 0.142 e. The van der Waals surface area contributed by atoms with Gasteiger partial charge in [-0.2, -0.15) is 0 Å². The molecule has 118 valence electrons. The van der Waals surface area contributed by atoms with Gasteiger partial charge in [-0.05, 0) is 42.4 Å². The van der Waals surface area contributed by atoms with Gasteiger partial charge in [0, 0.05) is 24.2 Å². The van der Waals surface area contributed by atoms with Crippen molar-refractivity contribution in [3.05, 3.63) is 34.1 Å². The summed E-state index contributed by atoms with van der Waals surface area (Å²) in [7, 11) is 0. The Kier molecular flexibility index (Phi) is 5.77. The molecule has 0 bridgehead atoms. The lowest BCUT2D eigenvalue weighted by molar-refractivity contribution is -0.0240. The second-order valence-corrected chi connectivity index (χ2v) is 6.74. The average molecular weight is 359 g/mol. The fraction of sp³-hybridized carbons (Fsp3) is 0.625. The Morgan fingerprint density at radius 3 is 2.67 bits per heavy atom. The molecule has 1 fully saturated rings. The number of hydrogen-bond donors (Lipinski definition) is 1. The van der Waals surface area contributed by atoms with Crippen LogP contribution in [0.3, 0.4) is 0 Å². The van der Waals surface area contributed by atoms with E-state index in [0.717, 1.165) is 32.8 Å². The van der Waals surface area contributed by atoms with Gasteiger partial charge in [0.05, 0.1) is 23.7 Å². The van der Waals surface area contributed by atoms with Crippen molar-refractivity contribution in [1.82, 2.24) is 10.2 Å². The first-order chi connectivity index (χ1) is 9.98. The van der Waals surface area contributed by atoms with Gasteiger partial charge < -0.3 is 10.1 Å². The minimum atomic E-state index is -0.193. The van der Waals surface area contributed by atoms with Crippen molar-refractivity contribution in [1.29, 1.82) is 0 Å². The summed E-state index contributed by atoms with van der Waals surface area (Å²) in [6, 6.07) is 5.43. The fourth-order valence-corrected chi connectivity index (χ4v) is 3.39. The molecule has 1 N–H and O–H groups in total. The predicted molar refractivity (Wildman–Crippen MR) is 87.0 cm³/mol. The summed E-state index contributed by atoms with van der Waals surface area (Å²) in [5.41, 5.74) is 0.518. The molecule has 2 rings (SSSR count). The van der Waals surface area contributed by atoms with Crippen LogP contribution in [0.1, 0.15) is 32.4 Å². The van der Waals surface area contributed by atoms with Gasteiger partial charge in [0.1, 0.15) is 5.82 Å². The molecule has 1 atom stereocenters. The molecule has 1 aliphatic heterocycles.